The van der Waals surface area contributed by atoms with Crippen LogP contribution >= 0.6 is 27.3 Å². The van der Waals surface area contributed by atoms with Crippen LogP contribution in [-0.4, -0.2) is 17.1 Å². The van der Waals surface area contributed by atoms with E-state index in [0.717, 1.165) is 22.0 Å². The molecule has 0 fully saturated rings. The summed E-state index contributed by atoms with van der Waals surface area (Å²) in [5, 5.41) is 0. The van der Waals surface area contributed by atoms with Gasteiger partial charge < -0.3 is 9.15 Å². The highest BCUT2D eigenvalue weighted by atomic mass is 79.9. The van der Waals surface area contributed by atoms with Crippen molar-refractivity contribution in [3.63, 3.8) is 0 Å². The van der Waals surface area contributed by atoms with Crippen molar-refractivity contribution in [2.45, 2.75) is 52.5 Å². The summed E-state index contributed by atoms with van der Waals surface area (Å²) in [6.07, 6.45) is 3.16. The summed E-state index contributed by atoms with van der Waals surface area (Å²) in [7, 11) is 0. The Bertz CT molecular complexity index is 1760. The lowest BCUT2D eigenvalue weighted by atomic mass is 9.92. The van der Waals surface area contributed by atoms with Crippen LogP contribution in [0.1, 0.15) is 69.4 Å². The van der Waals surface area contributed by atoms with Gasteiger partial charge in [0.2, 0.25) is 0 Å². The van der Waals surface area contributed by atoms with E-state index in [-0.39, 0.29) is 12.2 Å². The number of hydrogen-bond donors (Lipinski definition) is 0. The first-order chi connectivity index (χ1) is 19.3. The number of thiazole rings is 1. The molecule has 0 spiro atoms. The van der Waals surface area contributed by atoms with Crippen molar-refractivity contribution >= 4 is 39.3 Å². The highest BCUT2D eigenvalue weighted by Crippen LogP contribution is 2.33. The van der Waals surface area contributed by atoms with Gasteiger partial charge in [0.15, 0.2) is 4.80 Å². The molecular formula is C32H31BrN2O4S. The third kappa shape index (κ3) is 5.56. The normalized spacial score (nSPS) is 15.3. The van der Waals surface area contributed by atoms with Gasteiger partial charge in [0.25, 0.3) is 5.56 Å². The highest BCUT2D eigenvalue weighted by molar-refractivity contribution is 9.10. The second-order valence-electron chi connectivity index (χ2n) is 9.95. The third-order valence-corrected chi connectivity index (χ3v) is 8.30. The summed E-state index contributed by atoms with van der Waals surface area (Å²) in [6, 6.07) is 19.1. The zero-order valence-corrected chi connectivity index (χ0v) is 25.3. The predicted octanol–water partition coefficient (Wildman–Crippen LogP) is 6.72. The molecule has 1 atom stereocenters. The average molecular weight is 620 g/mol. The Labute approximate surface area is 245 Å². The number of hydrogen-bond acceptors (Lipinski definition) is 6. The summed E-state index contributed by atoms with van der Waals surface area (Å²) >= 11 is 4.80. The number of carbonyl (C=O) groups excluding carboxylic acids is 1. The van der Waals surface area contributed by atoms with Crippen molar-refractivity contribution in [1.82, 2.24) is 4.57 Å². The molecule has 1 aliphatic heterocycles. The highest BCUT2D eigenvalue weighted by Gasteiger charge is 2.34. The van der Waals surface area contributed by atoms with Crippen LogP contribution in [0.15, 0.2) is 90.6 Å². The molecule has 5 rings (SSSR count). The molecule has 40 heavy (non-hydrogen) atoms. The van der Waals surface area contributed by atoms with Crippen LogP contribution < -0.4 is 14.9 Å². The molecule has 8 heteroatoms. The molecule has 4 aromatic rings. The molecule has 1 aliphatic rings. The Morgan fingerprint density at radius 1 is 1.15 bits per heavy atom. The van der Waals surface area contributed by atoms with Gasteiger partial charge in [-0.25, -0.2) is 9.79 Å². The lowest BCUT2D eigenvalue weighted by Gasteiger charge is -2.26. The lowest BCUT2D eigenvalue weighted by molar-refractivity contribution is -0.139. The van der Waals surface area contributed by atoms with E-state index in [9.17, 15) is 9.59 Å². The van der Waals surface area contributed by atoms with Crippen molar-refractivity contribution in [3.05, 3.63) is 113 Å². The molecule has 0 bridgehead atoms. The van der Waals surface area contributed by atoms with Gasteiger partial charge in [-0.15, -0.1) is 0 Å². The number of carbonyl (C=O) groups is 1. The molecule has 6 nitrogen and oxygen atoms in total. The Morgan fingerprint density at radius 2 is 1.93 bits per heavy atom. The van der Waals surface area contributed by atoms with Crippen LogP contribution in [0.2, 0.25) is 0 Å². The standard InChI is InChI=1S/C32H31BrN2O4S/c1-5-8-25-28(31(37)38-6-2)29(21-13-11-20(12-14-21)19(3)4)35-30(36)27(40-32(35)34-25)18-24-15-16-26(39-24)22-9-7-10-23(33)17-22/h7,9-19,29H,5-6,8H2,1-4H3/b27-18-/t29-/m1/s1. The van der Waals surface area contributed by atoms with Gasteiger partial charge in [0.05, 0.1) is 28.5 Å². The molecule has 0 aliphatic carbocycles. The molecule has 0 N–H and O–H groups in total. The second-order valence-corrected chi connectivity index (χ2v) is 11.9. The summed E-state index contributed by atoms with van der Waals surface area (Å²) in [6.45, 7) is 8.35. The van der Waals surface area contributed by atoms with E-state index in [1.807, 2.05) is 55.5 Å². The minimum atomic E-state index is -0.631. The smallest absolute Gasteiger partial charge is 0.338 e. The summed E-state index contributed by atoms with van der Waals surface area (Å²) in [5.41, 5.74) is 3.84. The van der Waals surface area contributed by atoms with E-state index in [4.69, 9.17) is 14.1 Å². The number of esters is 1. The minimum absolute atomic E-state index is 0.223. The van der Waals surface area contributed by atoms with Gasteiger partial charge in [-0.3, -0.25) is 9.36 Å². The molecular weight excluding hydrogens is 588 g/mol. The Hall–Kier alpha value is -3.49. The predicted molar refractivity (Wildman–Crippen MR) is 162 cm³/mol. The van der Waals surface area contributed by atoms with Gasteiger partial charge in [-0.2, -0.15) is 0 Å². The molecule has 0 unspecified atom stereocenters. The molecule has 206 valence electrons. The Balaban J connectivity index is 1.67. The molecule has 2 aromatic carbocycles. The van der Waals surface area contributed by atoms with Crippen molar-refractivity contribution in [2.75, 3.05) is 6.61 Å². The van der Waals surface area contributed by atoms with Crippen molar-refractivity contribution in [2.24, 2.45) is 4.99 Å². The lowest BCUT2D eigenvalue weighted by Crippen LogP contribution is -2.40. The van der Waals surface area contributed by atoms with Gasteiger partial charge in [0, 0.05) is 16.1 Å². The van der Waals surface area contributed by atoms with Crippen LogP contribution in [0.5, 0.6) is 0 Å². The van der Waals surface area contributed by atoms with Crippen molar-refractivity contribution < 1.29 is 13.9 Å². The van der Waals surface area contributed by atoms with E-state index in [0.29, 0.717) is 44.5 Å². The van der Waals surface area contributed by atoms with E-state index in [1.165, 1.54) is 16.9 Å². The molecule has 0 radical (unpaired) electrons. The fourth-order valence-corrected chi connectivity index (χ4v) is 6.26. The fourth-order valence-electron chi connectivity index (χ4n) is 4.86. The van der Waals surface area contributed by atoms with Crippen LogP contribution in [0.25, 0.3) is 17.4 Å². The van der Waals surface area contributed by atoms with E-state index >= 15 is 0 Å². The average Bonchev–Trinajstić information content (AvgIpc) is 3.53. The summed E-state index contributed by atoms with van der Waals surface area (Å²) < 4.78 is 14.6. The number of rotatable bonds is 8. The molecule has 0 saturated carbocycles. The van der Waals surface area contributed by atoms with Crippen molar-refractivity contribution in [1.29, 1.82) is 0 Å². The number of ether oxygens (including phenoxy) is 1. The molecule has 0 saturated heterocycles. The maximum Gasteiger partial charge on any atom is 0.338 e. The topological polar surface area (TPSA) is 73.8 Å². The maximum atomic E-state index is 13.9. The van der Waals surface area contributed by atoms with Gasteiger partial charge in [-0.1, -0.05) is 90.9 Å². The number of allylic oxidation sites excluding steroid dienone is 1. The van der Waals surface area contributed by atoms with Gasteiger partial charge >= 0.3 is 5.97 Å². The Kier molecular flexibility index (Phi) is 8.38. The first kappa shape index (κ1) is 28.1. The summed E-state index contributed by atoms with van der Waals surface area (Å²) in [4.78, 5) is 32.7. The molecule has 3 heterocycles. The number of benzene rings is 2. The van der Waals surface area contributed by atoms with Crippen LogP contribution in [0, 0.1) is 0 Å². The number of nitrogens with zero attached hydrogens (tertiary/aromatic N) is 2. The van der Waals surface area contributed by atoms with Gasteiger partial charge in [-0.05, 0) is 54.7 Å². The SMILES string of the molecule is CCCC1=C(C(=O)OCC)[C@@H](c2ccc(C(C)C)cc2)n2c(s/c(=C\c3ccc(-c4cccc(Br)c4)o3)c2=O)=N1. The Morgan fingerprint density at radius 3 is 2.60 bits per heavy atom. The number of fused-ring (bicyclic) bond motifs is 1. The van der Waals surface area contributed by atoms with E-state index in [2.05, 4.69) is 41.9 Å². The monoisotopic (exact) mass is 618 g/mol. The zero-order valence-electron chi connectivity index (χ0n) is 22.9. The first-order valence-corrected chi connectivity index (χ1v) is 15.1. The van der Waals surface area contributed by atoms with E-state index < -0.39 is 12.0 Å². The van der Waals surface area contributed by atoms with Crippen molar-refractivity contribution in [3.8, 4) is 11.3 Å². The fraction of sp³-hybridized carbons (Fsp3) is 0.281. The van der Waals surface area contributed by atoms with Crippen LogP contribution in [0.3, 0.4) is 0 Å². The third-order valence-electron chi connectivity index (χ3n) is 6.82. The largest absolute Gasteiger partial charge is 0.463 e. The van der Waals surface area contributed by atoms with Gasteiger partial charge in [0.1, 0.15) is 11.5 Å². The number of furan rings is 1. The molecule has 0 amide bonds. The minimum Gasteiger partial charge on any atom is -0.463 e. The van der Waals surface area contributed by atoms with E-state index in [1.54, 1.807) is 17.6 Å². The second kappa shape index (κ2) is 11.9. The van der Waals surface area contributed by atoms with Crippen LogP contribution in [0.4, 0.5) is 0 Å². The quantitative estimate of drug-likeness (QED) is 0.205. The number of aromatic nitrogens is 1. The zero-order chi connectivity index (χ0) is 28.4. The van der Waals surface area contributed by atoms with Crippen LogP contribution in [-0.2, 0) is 9.53 Å². The number of halogens is 1. The maximum absolute atomic E-state index is 13.9. The summed E-state index contributed by atoms with van der Waals surface area (Å²) in [5.74, 6) is 1.20. The molecule has 2 aromatic heterocycles. The first-order valence-electron chi connectivity index (χ1n) is 13.5.